The van der Waals surface area contributed by atoms with E-state index in [1.165, 1.54) is 0 Å². The molecule has 1 aliphatic rings. The van der Waals surface area contributed by atoms with Gasteiger partial charge in [0.1, 0.15) is 0 Å². The van der Waals surface area contributed by atoms with E-state index in [-0.39, 0.29) is 0 Å². The van der Waals surface area contributed by atoms with Crippen LogP contribution in [0.1, 0.15) is 12.8 Å². The van der Waals surface area contributed by atoms with Crippen molar-refractivity contribution in [2.75, 3.05) is 12.0 Å². The highest BCUT2D eigenvalue weighted by atomic mass is 32.2. The first kappa shape index (κ1) is 9.39. The molecule has 0 radical (unpaired) electrons. The highest BCUT2D eigenvalue weighted by Crippen LogP contribution is 2.15. The SMILES string of the molecule is CSCC/C(=N/O)C1=CC=CC1. The van der Waals surface area contributed by atoms with Crippen LogP contribution in [0.4, 0.5) is 0 Å². The van der Waals surface area contributed by atoms with Crippen LogP contribution in [0.25, 0.3) is 0 Å². The highest BCUT2D eigenvalue weighted by Gasteiger charge is 2.07. The van der Waals surface area contributed by atoms with Crippen molar-refractivity contribution in [3.8, 4) is 0 Å². The van der Waals surface area contributed by atoms with Crippen molar-refractivity contribution in [1.82, 2.24) is 0 Å². The summed E-state index contributed by atoms with van der Waals surface area (Å²) in [7, 11) is 0. The molecule has 0 aromatic heterocycles. The molecule has 1 aliphatic carbocycles. The van der Waals surface area contributed by atoms with Crippen LogP contribution >= 0.6 is 11.8 Å². The molecular formula is C9H13NOS. The summed E-state index contributed by atoms with van der Waals surface area (Å²) in [6, 6.07) is 0. The summed E-state index contributed by atoms with van der Waals surface area (Å²) >= 11 is 1.76. The fourth-order valence-corrected chi connectivity index (χ4v) is 1.53. The van der Waals surface area contributed by atoms with Crippen molar-refractivity contribution in [2.24, 2.45) is 5.16 Å². The Morgan fingerprint density at radius 2 is 2.58 bits per heavy atom. The third-order valence-electron chi connectivity index (χ3n) is 1.81. The molecule has 0 aromatic carbocycles. The van der Waals surface area contributed by atoms with Gasteiger partial charge in [-0.05, 0) is 24.0 Å². The maximum atomic E-state index is 8.72. The van der Waals surface area contributed by atoms with E-state index in [4.69, 9.17) is 5.21 Å². The topological polar surface area (TPSA) is 32.6 Å². The lowest BCUT2D eigenvalue weighted by atomic mass is 10.1. The first-order valence-corrected chi connectivity index (χ1v) is 5.34. The molecule has 3 heteroatoms. The normalized spacial score (nSPS) is 16.8. The molecular weight excluding hydrogens is 170 g/mol. The average molecular weight is 183 g/mol. The first-order valence-electron chi connectivity index (χ1n) is 3.94. The molecule has 0 unspecified atom stereocenters. The van der Waals surface area contributed by atoms with Gasteiger partial charge in [-0.2, -0.15) is 11.8 Å². The molecule has 0 saturated carbocycles. The summed E-state index contributed by atoms with van der Waals surface area (Å²) in [5.41, 5.74) is 1.97. The van der Waals surface area contributed by atoms with Gasteiger partial charge < -0.3 is 5.21 Å². The minimum atomic E-state index is 0.828. The summed E-state index contributed by atoms with van der Waals surface area (Å²) in [5, 5.41) is 12.0. The summed E-state index contributed by atoms with van der Waals surface area (Å²) in [4.78, 5) is 0. The van der Waals surface area contributed by atoms with Gasteiger partial charge in [-0.3, -0.25) is 0 Å². The zero-order valence-corrected chi connectivity index (χ0v) is 7.97. The highest BCUT2D eigenvalue weighted by molar-refractivity contribution is 7.98. The lowest BCUT2D eigenvalue weighted by Gasteiger charge is -2.02. The Morgan fingerprint density at radius 1 is 1.75 bits per heavy atom. The van der Waals surface area contributed by atoms with Crippen molar-refractivity contribution in [3.05, 3.63) is 23.8 Å². The number of rotatable bonds is 4. The number of thioether (sulfide) groups is 1. The zero-order valence-electron chi connectivity index (χ0n) is 7.16. The molecule has 0 heterocycles. The molecule has 0 fully saturated rings. The number of nitrogens with zero attached hydrogens (tertiary/aromatic N) is 1. The Bertz CT molecular complexity index is 231. The maximum absolute atomic E-state index is 8.72. The third kappa shape index (κ3) is 2.41. The Morgan fingerprint density at radius 3 is 3.08 bits per heavy atom. The van der Waals surface area contributed by atoms with Crippen molar-refractivity contribution < 1.29 is 5.21 Å². The molecule has 2 nitrogen and oxygen atoms in total. The number of hydrogen-bond donors (Lipinski definition) is 1. The van der Waals surface area contributed by atoms with Gasteiger partial charge in [-0.1, -0.05) is 23.4 Å². The van der Waals surface area contributed by atoms with Crippen molar-refractivity contribution in [3.63, 3.8) is 0 Å². The molecule has 0 bridgehead atoms. The first-order chi connectivity index (χ1) is 5.88. The Hall–Kier alpha value is -0.700. The van der Waals surface area contributed by atoms with Crippen LogP contribution in [-0.2, 0) is 0 Å². The van der Waals surface area contributed by atoms with Crippen molar-refractivity contribution in [1.29, 1.82) is 0 Å². The van der Waals surface area contributed by atoms with Gasteiger partial charge >= 0.3 is 0 Å². The van der Waals surface area contributed by atoms with Gasteiger partial charge in [0.2, 0.25) is 0 Å². The van der Waals surface area contributed by atoms with Crippen molar-refractivity contribution >= 4 is 17.5 Å². The van der Waals surface area contributed by atoms with Crippen LogP contribution in [0.2, 0.25) is 0 Å². The Labute approximate surface area is 77.0 Å². The molecule has 0 saturated heterocycles. The van der Waals surface area contributed by atoms with E-state index >= 15 is 0 Å². The minimum Gasteiger partial charge on any atom is -0.411 e. The summed E-state index contributed by atoms with van der Waals surface area (Å²) < 4.78 is 0. The Kier molecular flexibility index (Phi) is 3.94. The second-order valence-corrected chi connectivity index (χ2v) is 3.60. The predicted octanol–water partition coefficient (Wildman–Crippen LogP) is 2.46. The van der Waals surface area contributed by atoms with Gasteiger partial charge in [-0.25, -0.2) is 0 Å². The summed E-state index contributed by atoms with van der Waals surface area (Å²) in [5.74, 6) is 1.01. The monoisotopic (exact) mass is 183 g/mol. The molecule has 0 spiro atoms. The van der Waals surface area contributed by atoms with E-state index in [2.05, 4.69) is 17.5 Å². The molecule has 0 atom stereocenters. The molecule has 12 heavy (non-hydrogen) atoms. The van der Waals surface area contributed by atoms with Crippen LogP contribution in [-0.4, -0.2) is 22.9 Å². The van der Waals surface area contributed by atoms with Crippen LogP contribution < -0.4 is 0 Å². The van der Waals surface area contributed by atoms with E-state index < -0.39 is 0 Å². The van der Waals surface area contributed by atoms with Crippen LogP contribution in [0.3, 0.4) is 0 Å². The standard InChI is InChI=1S/C9H13NOS/c1-12-7-6-9(10-11)8-4-2-3-5-8/h2-4,11H,5-7H2,1H3/b10-9-. The summed E-state index contributed by atoms with van der Waals surface area (Å²) in [6.45, 7) is 0. The van der Waals surface area contributed by atoms with Crippen LogP contribution in [0, 0.1) is 0 Å². The fourth-order valence-electron chi connectivity index (χ4n) is 1.13. The van der Waals surface area contributed by atoms with Gasteiger partial charge in [0, 0.05) is 6.42 Å². The van der Waals surface area contributed by atoms with E-state index in [1.54, 1.807) is 11.8 Å². The molecule has 1 rings (SSSR count). The number of allylic oxidation sites excluding steroid dienone is 4. The largest absolute Gasteiger partial charge is 0.411 e. The van der Waals surface area contributed by atoms with E-state index in [1.807, 2.05) is 12.2 Å². The second kappa shape index (κ2) is 5.04. The predicted molar refractivity (Wildman–Crippen MR) is 54.1 cm³/mol. The average Bonchev–Trinajstić information content (AvgIpc) is 2.59. The summed E-state index contributed by atoms with van der Waals surface area (Å²) in [6.07, 6.45) is 9.89. The molecule has 66 valence electrons. The van der Waals surface area contributed by atoms with Gasteiger partial charge in [-0.15, -0.1) is 0 Å². The molecule has 0 aromatic rings. The van der Waals surface area contributed by atoms with Crippen LogP contribution in [0.15, 0.2) is 29.0 Å². The van der Waals surface area contributed by atoms with E-state index in [9.17, 15) is 0 Å². The number of oxime groups is 1. The third-order valence-corrected chi connectivity index (χ3v) is 2.42. The molecule has 0 amide bonds. The lowest BCUT2D eigenvalue weighted by molar-refractivity contribution is 0.318. The maximum Gasteiger partial charge on any atom is 0.0838 e. The number of hydrogen-bond acceptors (Lipinski definition) is 3. The second-order valence-electron chi connectivity index (χ2n) is 2.61. The fraction of sp³-hybridized carbons (Fsp3) is 0.444. The van der Waals surface area contributed by atoms with E-state index in [0.29, 0.717) is 0 Å². The van der Waals surface area contributed by atoms with E-state index in [0.717, 1.165) is 29.9 Å². The minimum absolute atomic E-state index is 0.828. The van der Waals surface area contributed by atoms with Gasteiger partial charge in [0.25, 0.3) is 0 Å². The van der Waals surface area contributed by atoms with Crippen LogP contribution in [0.5, 0.6) is 0 Å². The molecule has 0 aliphatic heterocycles. The molecule has 1 N–H and O–H groups in total. The lowest BCUT2D eigenvalue weighted by Crippen LogP contribution is -2.02. The quantitative estimate of drug-likeness (QED) is 0.412. The van der Waals surface area contributed by atoms with Gasteiger partial charge in [0.05, 0.1) is 5.71 Å². The van der Waals surface area contributed by atoms with Gasteiger partial charge in [0.15, 0.2) is 0 Å². The smallest absolute Gasteiger partial charge is 0.0838 e. The zero-order chi connectivity index (χ0) is 8.81. The van der Waals surface area contributed by atoms with Crippen molar-refractivity contribution in [2.45, 2.75) is 12.8 Å². The Balaban J connectivity index is 2.46.